The van der Waals surface area contributed by atoms with E-state index < -0.39 is 21.4 Å². The van der Waals surface area contributed by atoms with Crippen molar-refractivity contribution in [1.29, 1.82) is 5.26 Å². The molecule has 0 N–H and O–H groups in total. The van der Waals surface area contributed by atoms with Crippen molar-refractivity contribution in [2.24, 2.45) is 5.92 Å². The van der Waals surface area contributed by atoms with Crippen LogP contribution in [0, 0.1) is 23.1 Å². The first kappa shape index (κ1) is 14.9. The average molecular weight is 296 g/mol. The predicted molar refractivity (Wildman–Crippen MR) is 72.9 cm³/mol. The molecule has 0 spiro atoms. The van der Waals surface area contributed by atoms with E-state index in [1.165, 1.54) is 16.4 Å². The lowest BCUT2D eigenvalue weighted by molar-refractivity contribution is 0.202. The van der Waals surface area contributed by atoms with Crippen LogP contribution in [0.4, 0.5) is 4.39 Å². The number of piperidine rings is 1. The standard InChI is InChI=1S/C14H17FN2O2S/c1-10-5-4-8-17(11(10)2)20(18,19)14-7-3-6-13(15)12(14)9-16/h3,6-7,10-11H,4-5,8H2,1-2H3. The Morgan fingerprint density at radius 1 is 1.40 bits per heavy atom. The maximum atomic E-state index is 13.6. The highest BCUT2D eigenvalue weighted by molar-refractivity contribution is 7.89. The van der Waals surface area contributed by atoms with Gasteiger partial charge >= 0.3 is 0 Å². The quantitative estimate of drug-likeness (QED) is 0.842. The molecule has 2 rings (SSSR count). The molecule has 20 heavy (non-hydrogen) atoms. The Kier molecular flexibility index (Phi) is 4.11. The van der Waals surface area contributed by atoms with Crippen molar-refractivity contribution in [3.05, 3.63) is 29.6 Å². The van der Waals surface area contributed by atoms with E-state index in [0.717, 1.165) is 18.9 Å². The molecule has 2 unspecified atom stereocenters. The zero-order valence-electron chi connectivity index (χ0n) is 11.5. The minimum atomic E-state index is -3.84. The number of rotatable bonds is 2. The molecule has 0 bridgehead atoms. The molecule has 1 aromatic rings. The molecule has 0 saturated carbocycles. The van der Waals surface area contributed by atoms with Crippen molar-refractivity contribution >= 4 is 10.0 Å². The maximum absolute atomic E-state index is 13.6. The molecule has 1 heterocycles. The van der Waals surface area contributed by atoms with E-state index in [-0.39, 0.29) is 16.9 Å². The van der Waals surface area contributed by atoms with Crippen LogP contribution in [0.2, 0.25) is 0 Å². The summed E-state index contributed by atoms with van der Waals surface area (Å²) >= 11 is 0. The third-order valence-electron chi connectivity index (χ3n) is 3.99. The number of benzene rings is 1. The normalized spacial score (nSPS) is 24.3. The molecule has 0 aromatic heterocycles. The van der Waals surface area contributed by atoms with E-state index in [1.807, 2.05) is 13.8 Å². The molecule has 0 amide bonds. The first-order chi connectivity index (χ1) is 9.39. The molecule has 0 radical (unpaired) electrons. The molecular formula is C14H17FN2O2S. The molecular weight excluding hydrogens is 279 g/mol. The van der Waals surface area contributed by atoms with Gasteiger partial charge in [0.05, 0.1) is 0 Å². The summed E-state index contributed by atoms with van der Waals surface area (Å²) in [6.07, 6.45) is 1.75. The van der Waals surface area contributed by atoms with Gasteiger partial charge < -0.3 is 0 Å². The summed E-state index contributed by atoms with van der Waals surface area (Å²) in [5, 5.41) is 9.01. The van der Waals surface area contributed by atoms with Gasteiger partial charge in [0.2, 0.25) is 10.0 Å². The van der Waals surface area contributed by atoms with Crippen molar-refractivity contribution < 1.29 is 12.8 Å². The van der Waals surface area contributed by atoms with Crippen LogP contribution in [0.5, 0.6) is 0 Å². The van der Waals surface area contributed by atoms with E-state index in [1.54, 1.807) is 6.07 Å². The summed E-state index contributed by atoms with van der Waals surface area (Å²) in [6, 6.07) is 5.22. The van der Waals surface area contributed by atoms with Gasteiger partial charge in [-0.25, -0.2) is 12.8 Å². The SMILES string of the molecule is CC1CCCN(S(=O)(=O)c2cccc(F)c2C#N)C1C. The zero-order valence-corrected chi connectivity index (χ0v) is 12.3. The Morgan fingerprint density at radius 3 is 2.75 bits per heavy atom. The van der Waals surface area contributed by atoms with Crippen LogP contribution in [-0.4, -0.2) is 25.3 Å². The zero-order chi connectivity index (χ0) is 14.9. The second-order valence-electron chi connectivity index (χ2n) is 5.20. The molecule has 1 aliphatic rings. The predicted octanol–water partition coefficient (Wildman–Crippen LogP) is 2.51. The molecule has 1 aromatic carbocycles. The van der Waals surface area contributed by atoms with Gasteiger partial charge in [0.15, 0.2) is 0 Å². The average Bonchev–Trinajstić information content (AvgIpc) is 2.41. The lowest BCUT2D eigenvalue weighted by atomic mass is 9.94. The first-order valence-corrected chi connectivity index (χ1v) is 8.04. The molecule has 0 aliphatic carbocycles. The maximum Gasteiger partial charge on any atom is 0.244 e. The van der Waals surface area contributed by atoms with E-state index >= 15 is 0 Å². The Balaban J connectivity index is 2.51. The van der Waals surface area contributed by atoms with Gasteiger partial charge in [-0.2, -0.15) is 9.57 Å². The fourth-order valence-electron chi connectivity index (χ4n) is 2.59. The highest BCUT2D eigenvalue weighted by Crippen LogP contribution is 2.30. The van der Waals surface area contributed by atoms with Crippen molar-refractivity contribution in [2.45, 2.75) is 37.6 Å². The van der Waals surface area contributed by atoms with Gasteiger partial charge in [0.25, 0.3) is 0 Å². The highest BCUT2D eigenvalue weighted by atomic mass is 32.2. The fourth-order valence-corrected chi connectivity index (χ4v) is 4.51. The van der Waals surface area contributed by atoms with Crippen molar-refractivity contribution in [3.63, 3.8) is 0 Å². The fraction of sp³-hybridized carbons (Fsp3) is 0.500. The van der Waals surface area contributed by atoms with Crippen molar-refractivity contribution in [1.82, 2.24) is 4.31 Å². The molecule has 1 saturated heterocycles. The number of hydrogen-bond donors (Lipinski definition) is 0. The number of halogens is 1. The minimum absolute atomic E-state index is 0.149. The van der Waals surface area contributed by atoms with E-state index in [9.17, 15) is 12.8 Å². The lowest BCUT2D eigenvalue weighted by Gasteiger charge is -2.36. The summed E-state index contributed by atoms with van der Waals surface area (Å²) in [4.78, 5) is -0.235. The van der Waals surface area contributed by atoms with Crippen LogP contribution in [0.25, 0.3) is 0 Å². The Labute approximate surface area is 118 Å². The number of nitrogens with zero attached hydrogens (tertiary/aromatic N) is 2. The van der Waals surface area contributed by atoms with Crippen molar-refractivity contribution in [2.75, 3.05) is 6.54 Å². The van der Waals surface area contributed by atoms with Gasteiger partial charge in [-0.15, -0.1) is 0 Å². The topological polar surface area (TPSA) is 61.2 Å². The van der Waals surface area contributed by atoms with E-state index in [4.69, 9.17) is 5.26 Å². The van der Waals surface area contributed by atoms with E-state index in [0.29, 0.717) is 6.54 Å². The van der Waals surface area contributed by atoms with Gasteiger partial charge in [-0.1, -0.05) is 13.0 Å². The Bertz CT molecular complexity index is 652. The van der Waals surface area contributed by atoms with Crippen LogP contribution in [0.3, 0.4) is 0 Å². The monoisotopic (exact) mass is 296 g/mol. The minimum Gasteiger partial charge on any atom is -0.207 e. The Morgan fingerprint density at radius 2 is 2.10 bits per heavy atom. The summed E-state index contributed by atoms with van der Waals surface area (Å²) in [5.41, 5.74) is -0.405. The smallest absolute Gasteiger partial charge is 0.207 e. The molecule has 1 aliphatic heterocycles. The summed E-state index contributed by atoms with van der Waals surface area (Å²) < 4.78 is 40.4. The summed E-state index contributed by atoms with van der Waals surface area (Å²) in [6.45, 7) is 4.27. The highest BCUT2D eigenvalue weighted by Gasteiger charge is 2.36. The van der Waals surface area contributed by atoms with Gasteiger partial charge in [-0.05, 0) is 37.8 Å². The van der Waals surface area contributed by atoms with Crippen LogP contribution < -0.4 is 0 Å². The van der Waals surface area contributed by atoms with Gasteiger partial charge in [0.1, 0.15) is 22.3 Å². The first-order valence-electron chi connectivity index (χ1n) is 6.60. The molecule has 6 heteroatoms. The number of hydrogen-bond acceptors (Lipinski definition) is 3. The molecule has 4 nitrogen and oxygen atoms in total. The molecule has 1 fully saturated rings. The third-order valence-corrected chi connectivity index (χ3v) is 6.02. The van der Waals surface area contributed by atoms with Crippen LogP contribution in [0.15, 0.2) is 23.1 Å². The van der Waals surface area contributed by atoms with E-state index in [2.05, 4.69) is 0 Å². The molecule has 2 atom stereocenters. The van der Waals surface area contributed by atoms with Gasteiger partial charge in [0, 0.05) is 12.6 Å². The third kappa shape index (κ3) is 2.43. The van der Waals surface area contributed by atoms with Crippen molar-refractivity contribution in [3.8, 4) is 6.07 Å². The van der Waals surface area contributed by atoms with Crippen LogP contribution >= 0.6 is 0 Å². The number of nitriles is 1. The Hall–Kier alpha value is -1.45. The van der Waals surface area contributed by atoms with Crippen LogP contribution in [0.1, 0.15) is 32.3 Å². The number of sulfonamides is 1. The molecule has 108 valence electrons. The van der Waals surface area contributed by atoms with Crippen LogP contribution in [-0.2, 0) is 10.0 Å². The summed E-state index contributed by atoms with van der Waals surface area (Å²) in [7, 11) is -3.84. The summed E-state index contributed by atoms with van der Waals surface area (Å²) in [5.74, 6) is -0.552. The van der Waals surface area contributed by atoms with Gasteiger partial charge in [-0.3, -0.25) is 0 Å². The lowest BCUT2D eigenvalue weighted by Crippen LogP contribution is -2.46. The second kappa shape index (κ2) is 5.51. The largest absolute Gasteiger partial charge is 0.244 e. The second-order valence-corrected chi connectivity index (χ2v) is 7.06.